The number of likely N-dealkylation sites (N-methyl/N-ethyl adjacent to an activating group) is 1. The Morgan fingerprint density at radius 1 is 1.30 bits per heavy atom. The summed E-state index contributed by atoms with van der Waals surface area (Å²) in [7, 11) is 1.69. The van der Waals surface area contributed by atoms with Gasteiger partial charge in [-0.1, -0.05) is 44.2 Å². The number of esters is 1. The lowest BCUT2D eigenvalue weighted by molar-refractivity contribution is -0.150. The van der Waals surface area contributed by atoms with E-state index in [9.17, 15) is 4.79 Å². The molecule has 0 saturated carbocycles. The lowest BCUT2D eigenvalue weighted by Crippen LogP contribution is -2.34. The maximum absolute atomic E-state index is 12.0. The van der Waals surface area contributed by atoms with Crippen LogP contribution in [0.1, 0.15) is 19.4 Å². The number of carbonyl (C=O) groups excluding carboxylic acids is 1. The van der Waals surface area contributed by atoms with Crippen molar-refractivity contribution in [1.82, 2.24) is 4.90 Å². The van der Waals surface area contributed by atoms with Crippen LogP contribution in [-0.2, 0) is 20.9 Å². The molecule has 112 valence electrons. The summed E-state index contributed by atoms with van der Waals surface area (Å²) in [5.74, 6) is -0.278. The van der Waals surface area contributed by atoms with E-state index in [2.05, 4.69) is 11.8 Å². The van der Waals surface area contributed by atoms with Crippen molar-refractivity contribution in [2.75, 3.05) is 33.4 Å². The van der Waals surface area contributed by atoms with Gasteiger partial charge in [0, 0.05) is 20.2 Å². The van der Waals surface area contributed by atoms with E-state index in [1.807, 2.05) is 37.3 Å². The van der Waals surface area contributed by atoms with Crippen molar-refractivity contribution in [2.24, 2.45) is 5.92 Å². The van der Waals surface area contributed by atoms with Gasteiger partial charge in [0.2, 0.25) is 0 Å². The molecule has 0 radical (unpaired) electrons. The molecule has 0 aliphatic heterocycles. The molecular weight excluding hydrogens is 254 g/mol. The van der Waals surface area contributed by atoms with Crippen LogP contribution >= 0.6 is 0 Å². The highest BCUT2D eigenvalue weighted by Crippen LogP contribution is 2.06. The summed E-state index contributed by atoms with van der Waals surface area (Å²) in [5, 5.41) is 0. The minimum Gasteiger partial charge on any atom is -0.461 e. The first-order valence-corrected chi connectivity index (χ1v) is 7.09. The van der Waals surface area contributed by atoms with E-state index in [1.165, 1.54) is 0 Å². The predicted octanol–water partition coefficient (Wildman–Crippen LogP) is 2.33. The minimum atomic E-state index is -0.148. The van der Waals surface area contributed by atoms with E-state index in [-0.39, 0.29) is 11.9 Å². The zero-order chi connectivity index (χ0) is 14.8. The first-order valence-electron chi connectivity index (χ1n) is 7.09. The lowest BCUT2D eigenvalue weighted by Gasteiger charge is -2.23. The summed E-state index contributed by atoms with van der Waals surface area (Å²) in [5.41, 5.74) is 1.01. The van der Waals surface area contributed by atoms with Gasteiger partial charge >= 0.3 is 5.97 Å². The highest BCUT2D eigenvalue weighted by atomic mass is 16.5. The van der Waals surface area contributed by atoms with E-state index in [4.69, 9.17) is 9.47 Å². The van der Waals surface area contributed by atoms with E-state index in [1.54, 1.807) is 7.11 Å². The SMILES string of the molecule is CCN(CCOC)CC(C)C(=O)OCc1ccccc1. The molecule has 0 amide bonds. The molecule has 0 fully saturated rings. The average molecular weight is 279 g/mol. The van der Waals surface area contributed by atoms with Crippen molar-refractivity contribution >= 4 is 5.97 Å². The van der Waals surface area contributed by atoms with Gasteiger partial charge in [0.05, 0.1) is 12.5 Å². The number of hydrogen-bond donors (Lipinski definition) is 0. The van der Waals surface area contributed by atoms with E-state index in [0.29, 0.717) is 19.8 Å². The first-order chi connectivity index (χ1) is 9.67. The Morgan fingerprint density at radius 3 is 2.60 bits per heavy atom. The molecule has 0 heterocycles. The molecule has 0 spiro atoms. The maximum atomic E-state index is 12.0. The van der Waals surface area contributed by atoms with E-state index in [0.717, 1.165) is 18.7 Å². The topological polar surface area (TPSA) is 38.8 Å². The Hall–Kier alpha value is -1.39. The molecule has 0 N–H and O–H groups in total. The molecule has 20 heavy (non-hydrogen) atoms. The average Bonchev–Trinajstić information content (AvgIpc) is 2.49. The quantitative estimate of drug-likeness (QED) is 0.650. The highest BCUT2D eigenvalue weighted by Gasteiger charge is 2.17. The van der Waals surface area contributed by atoms with Crippen LogP contribution in [0.15, 0.2) is 30.3 Å². The molecule has 0 bridgehead atoms. The largest absolute Gasteiger partial charge is 0.461 e. The van der Waals surface area contributed by atoms with Gasteiger partial charge in [0.15, 0.2) is 0 Å². The minimum absolute atomic E-state index is 0.129. The monoisotopic (exact) mass is 279 g/mol. The van der Waals surface area contributed by atoms with Gasteiger partial charge in [-0.2, -0.15) is 0 Å². The molecule has 4 nitrogen and oxygen atoms in total. The van der Waals surface area contributed by atoms with Crippen LogP contribution in [0.5, 0.6) is 0 Å². The molecule has 1 atom stereocenters. The molecule has 1 aromatic carbocycles. The number of benzene rings is 1. The Morgan fingerprint density at radius 2 is 2.00 bits per heavy atom. The second-order valence-corrected chi connectivity index (χ2v) is 4.88. The fourth-order valence-electron chi connectivity index (χ4n) is 1.93. The van der Waals surface area contributed by atoms with Crippen LogP contribution < -0.4 is 0 Å². The Bertz CT molecular complexity index is 381. The number of hydrogen-bond acceptors (Lipinski definition) is 4. The summed E-state index contributed by atoms with van der Waals surface area (Å²) in [6.07, 6.45) is 0. The van der Waals surface area contributed by atoms with Crippen LogP contribution in [0, 0.1) is 5.92 Å². The van der Waals surface area contributed by atoms with Crippen molar-refractivity contribution < 1.29 is 14.3 Å². The zero-order valence-corrected chi connectivity index (χ0v) is 12.7. The number of ether oxygens (including phenoxy) is 2. The molecule has 0 aromatic heterocycles. The van der Waals surface area contributed by atoms with Gasteiger partial charge in [-0.15, -0.1) is 0 Å². The molecule has 1 rings (SSSR count). The number of rotatable bonds is 9. The summed E-state index contributed by atoms with van der Waals surface area (Å²) >= 11 is 0. The summed E-state index contributed by atoms with van der Waals surface area (Å²) in [4.78, 5) is 14.2. The molecule has 0 aliphatic carbocycles. The molecule has 1 unspecified atom stereocenters. The third kappa shape index (κ3) is 6.17. The third-order valence-corrected chi connectivity index (χ3v) is 3.22. The van der Waals surface area contributed by atoms with Gasteiger partial charge in [-0.25, -0.2) is 0 Å². The molecule has 1 aromatic rings. The van der Waals surface area contributed by atoms with Gasteiger partial charge in [0.25, 0.3) is 0 Å². The normalized spacial score (nSPS) is 12.4. The van der Waals surface area contributed by atoms with Gasteiger partial charge in [-0.3, -0.25) is 4.79 Å². The van der Waals surface area contributed by atoms with Crippen molar-refractivity contribution in [3.8, 4) is 0 Å². The standard InChI is InChI=1S/C16H25NO3/c1-4-17(10-11-19-3)12-14(2)16(18)20-13-15-8-6-5-7-9-15/h5-9,14H,4,10-13H2,1-3H3. The van der Waals surface area contributed by atoms with E-state index >= 15 is 0 Å². The van der Waals surface area contributed by atoms with Crippen LogP contribution in [0.2, 0.25) is 0 Å². The van der Waals surface area contributed by atoms with Gasteiger partial charge < -0.3 is 14.4 Å². The zero-order valence-electron chi connectivity index (χ0n) is 12.7. The number of carbonyl (C=O) groups is 1. The van der Waals surface area contributed by atoms with Crippen molar-refractivity contribution in [2.45, 2.75) is 20.5 Å². The fourth-order valence-corrected chi connectivity index (χ4v) is 1.93. The molecule has 0 aliphatic rings. The second-order valence-electron chi connectivity index (χ2n) is 4.88. The Balaban J connectivity index is 2.34. The molecular formula is C16H25NO3. The van der Waals surface area contributed by atoms with Gasteiger partial charge in [0.1, 0.15) is 6.61 Å². The smallest absolute Gasteiger partial charge is 0.310 e. The summed E-state index contributed by atoms with van der Waals surface area (Å²) in [6.45, 7) is 7.45. The summed E-state index contributed by atoms with van der Waals surface area (Å²) < 4.78 is 10.4. The second kappa shape index (κ2) is 9.50. The van der Waals surface area contributed by atoms with Crippen molar-refractivity contribution in [3.63, 3.8) is 0 Å². The maximum Gasteiger partial charge on any atom is 0.310 e. The number of nitrogens with zero attached hydrogens (tertiary/aromatic N) is 1. The Kier molecular flexibility index (Phi) is 7.92. The van der Waals surface area contributed by atoms with Crippen molar-refractivity contribution in [3.05, 3.63) is 35.9 Å². The van der Waals surface area contributed by atoms with Crippen LogP contribution in [0.4, 0.5) is 0 Å². The van der Waals surface area contributed by atoms with E-state index < -0.39 is 0 Å². The fraction of sp³-hybridized carbons (Fsp3) is 0.562. The van der Waals surface area contributed by atoms with Crippen LogP contribution in [0.25, 0.3) is 0 Å². The Labute approximate surface area is 121 Å². The molecule has 0 saturated heterocycles. The van der Waals surface area contributed by atoms with Crippen molar-refractivity contribution in [1.29, 1.82) is 0 Å². The highest BCUT2D eigenvalue weighted by molar-refractivity contribution is 5.72. The predicted molar refractivity (Wildman–Crippen MR) is 79.4 cm³/mol. The molecule has 4 heteroatoms. The first kappa shape index (κ1) is 16.7. The van der Waals surface area contributed by atoms with Crippen LogP contribution in [0.3, 0.4) is 0 Å². The van der Waals surface area contributed by atoms with Gasteiger partial charge in [-0.05, 0) is 12.1 Å². The summed E-state index contributed by atoms with van der Waals surface area (Å²) in [6, 6.07) is 9.74. The van der Waals surface area contributed by atoms with Crippen LogP contribution in [-0.4, -0.2) is 44.2 Å². The number of methoxy groups -OCH3 is 1. The lowest BCUT2D eigenvalue weighted by atomic mass is 10.1. The third-order valence-electron chi connectivity index (χ3n) is 3.22.